The Kier molecular flexibility index (Phi) is 6.21. The predicted molar refractivity (Wildman–Crippen MR) is 147 cm³/mol. The van der Waals surface area contributed by atoms with E-state index in [1.165, 1.54) is 26.4 Å². The summed E-state index contributed by atoms with van der Waals surface area (Å²) in [5, 5.41) is 1.44. The Morgan fingerprint density at radius 3 is 1.68 bits per heavy atom. The zero-order chi connectivity index (χ0) is 23.7. The molecule has 0 atom stereocenters. The number of fused-ring (bicyclic) bond motifs is 1. The molecule has 0 aliphatic rings. The summed E-state index contributed by atoms with van der Waals surface area (Å²) >= 11 is 1.93. The number of nitrogens with zero attached hydrogens (tertiary/aromatic N) is 2. The Balaban J connectivity index is 1.53. The van der Waals surface area contributed by atoms with Gasteiger partial charge < -0.3 is 4.90 Å². The van der Waals surface area contributed by atoms with Gasteiger partial charge in [-0.05, 0) is 73.5 Å². The lowest BCUT2D eigenvalue weighted by molar-refractivity contribution is -0.695. The molecule has 34 heavy (non-hydrogen) atoms. The largest absolute Gasteiger partial charge is 0.311 e. The fraction of sp³-hybridized carbons (Fsp3) is 0.194. The number of hydrogen-bond donors (Lipinski definition) is 0. The minimum Gasteiger partial charge on any atom is -0.311 e. The first kappa shape index (κ1) is 22.4. The quantitative estimate of drug-likeness (QED) is 0.228. The van der Waals surface area contributed by atoms with Crippen LogP contribution in [0.1, 0.15) is 44.7 Å². The van der Waals surface area contributed by atoms with E-state index in [-0.39, 0.29) is 0 Å². The molecule has 3 heteroatoms. The highest BCUT2D eigenvalue weighted by Gasteiger charge is 2.25. The van der Waals surface area contributed by atoms with Crippen molar-refractivity contribution in [3.63, 3.8) is 0 Å². The summed E-state index contributed by atoms with van der Waals surface area (Å²) in [5.74, 6) is 0.518. The molecule has 0 saturated carbocycles. The maximum Gasteiger partial charge on any atom is 0.241 e. The summed E-state index contributed by atoms with van der Waals surface area (Å²) in [6.45, 7) is 9.12. The summed E-state index contributed by atoms with van der Waals surface area (Å²) < 4.78 is 3.85. The summed E-state index contributed by atoms with van der Waals surface area (Å²) in [4.78, 5) is 2.30. The SMILES string of the molecule is CC(C)c1sc2cc(-c3ccc(N(c4ccccc4)c4ccccc4)cc3)ccc2[n+]1C(C)C. The molecule has 0 bridgehead atoms. The van der Waals surface area contributed by atoms with E-state index in [0.717, 1.165) is 17.1 Å². The van der Waals surface area contributed by atoms with Gasteiger partial charge in [-0.25, -0.2) is 0 Å². The smallest absolute Gasteiger partial charge is 0.241 e. The van der Waals surface area contributed by atoms with E-state index in [1.54, 1.807) is 0 Å². The van der Waals surface area contributed by atoms with E-state index in [4.69, 9.17) is 0 Å². The van der Waals surface area contributed by atoms with Crippen LogP contribution in [0.5, 0.6) is 0 Å². The third-order valence-electron chi connectivity index (χ3n) is 6.17. The van der Waals surface area contributed by atoms with Crippen molar-refractivity contribution in [3.8, 4) is 11.1 Å². The van der Waals surface area contributed by atoms with E-state index in [1.807, 2.05) is 11.3 Å². The van der Waals surface area contributed by atoms with Gasteiger partial charge in [-0.2, -0.15) is 4.57 Å². The van der Waals surface area contributed by atoms with Gasteiger partial charge >= 0.3 is 0 Å². The minimum atomic E-state index is 0.457. The second-order valence-corrected chi connectivity index (χ2v) is 10.4. The first-order valence-corrected chi connectivity index (χ1v) is 12.8. The maximum absolute atomic E-state index is 2.50. The van der Waals surface area contributed by atoms with Gasteiger partial charge in [-0.1, -0.05) is 73.7 Å². The molecule has 0 fully saturated rings. The van der Waals surface area contributed by atoms with Crippen molar-refractivity contribution < 1.29 is 4.57 Å². The Labute approximate surface area is 206 Å². The maximum atomic E-state index is 2.50. The number of benzene rings is 4. The molecule has 0 aliphatic carbocycles. The van der Waals surface area contributed by atoms with Crippen molar-refractivity contribution in [3.05, 3.63) is 108 Å². The van der Waals surface area contributed by atoms with E-state index in [2.05, 4.69) is 140 Å². The van der Waals surface area contributed by atoms with Gasteiger partial charge in [0.1, 0.15) is 4.70 Å². The molecular formula is C31H31N2S+. The summed E-state index contributed by atoms with van der Waals surface area (Å²) in [5.41, 5.74) is 7.29. The number of rotatable bonds is 6. The van der Waals surface area contributed by atoms with Crippen LogP contribution in [-0.2, 0) is 0 Å². The molecule has 2 nitrogen and oxygen atoms in total. The second kappa shape index (κ2) is 9.44. The Morgan fingerprint density at radius 2 is 1.15 bits per heavy atom. The summed E-state index contributed by atoms with van der Waals surface area (Å²) in [6, 6.07) is 37.4. The van der Waals surface area contributed by atoms with E-state index >= 15 is 0 Å². The lowest BCUT2D eigenvalue weighted by atomic mass is 10.0. The molecule has 1 aromatic heterocycles. The third-order valence-corrected chi connectivity index (χ3v) is 7.59. The average molecular weight is 464 g/mol. The molecule has 0 N–H and O–H groups in total. The minimum absolute atomic E-state index is 0.457. The van der Waals surface area contributed by atoms with Crippen LogP contribution in [-0.4, -0.2) is 0 Å². The van der Waals surface area contributed by atoms with Crippen LogP contribution >= 0.6 is 11.3 Å². The third kappa shape index (κ3) is 4.24. The van der Waals surface area contributed by atoms with Gasteiger partial charge in [-0.3, -0.25) is 0 Å². The highest BCUT2D eigenvalue weighted by molar-refractivity contribution is 7.18. The first-order chi connectivity index (χ1) is 16.5. The topological polar surface area (TPSA) is 7.12 Å². The molecular weight excluding hydrogens is 432 g/mol. The molecule has 0 unspecified atom stereocenters. The van der Waals surface area contributed by atoms with Gasteiger partial charge in [0.05, 0.1) is 0 Å². The first-order valence-electron chi connectivity index (χ1n) is 12.0. The van der Waals surface area contributed by atoms with Gasteiger partial charge in [0.25, 0.3) is 0 Å². The molecule has 5 rings (SSSR count). The van der Waals surface area contributed by atoms with E-state index in [9.17, 15) is 0 Å². The number of thiazole rings is 1. The molecule has 5 aromatic rings. The molecule has 0 aliphatic heterocycles. The van der Waals surface area contributed by atoms with Crippen molar-refractivity contribution in [2.75, 3.05) is 4.90 Å². The molecule has 0 amide bonds. The van der Waals surface area contributed by atoms with Crippen molar-refractivity contribution in [1.29, 1.82) is 0 Å². The van der Waals surface area contributed by atoms with Crippen molar-refractivity contribution in [2.45, 2.75) is 39.7 Å². The molecule has 1 heterocycles. The van der Waals surface area contributed by atoms with Crippen LogP contribution in [0.3, 0.4) is 0 Å². The van der Waals surface area contributed by atoms with Crippen LogP contribution in [0.25, 0.3) is 21.3 Å². The van der Waals surface area contributed by atoms with Gasteiger partial charge in [-0.15, -0.1) is 0 Å². The number of anilines is 3. The molecule has 0 saturated heterocycles. The fourth-order valence-corrected chi connectivity index (χ4v) is 5.91. The monoisotopic (exact) mass is 463 g/mol. The van der Waals surface area contributed by atoms with Crippen LogP contribution in [0, 0.1) is 0 Å². The average Bonchev–Trinajstić information content (AvgIpc) is 3.26. The molecule has 0 radical (unpaired) electrons. The number of hydrogen-bond acceptors (Lipinski definition) is 2. The standard InChI is InChI=1S/C31H31N2S/c1-22(2)31-32(23(3)4)29-20-17-25(21-30(29)34-31)24-15-18-28(19-16-24)33(26-11-7-5-8-12-26)27-13-9-6-10-14-27/h5-23H,1-4H3/q+1. The number of para-hydroxylation sites is 2. The lowest BCUT2D eigenvalue weighted by Gasteiger charge is -2.25. The normalized spacial score (nSPS) is 11.5. The van der Waals surface area contributed by atoms with Gasteiger partial charge in [0.2, 0.25) is 10.5 Å². The zero-order valence-electron chi connectivity index (χ0n) is 20.3. The van der Waals surface area contributed by atoms with E-state index < -0.39 is 0 Å². The zero-order valence-corrected chi connectivity index (χ0v) is 21.1. The summed E-state index contributed by atoms with van der Waals surface area (Å²) in [6.07, 6.45) is 0. The van der Waals surface area contributed by atoms with Crippen LogP contribution < -0.4 is 9.47 Å². The Hall–Kier alpha value is -3.43. The van der Waals surface area contributed by atoms with Gasteiger partial charge in [0.15, 0.2) is 6.04 Å². The summed E-state index contributed by atoms with van der Waals surface area (Å²) in [7, 11) is 0. The predicted octanol–water partition coefficient (Wildman–Crippen LogP) is 9.03. The molecule has 170 valence electrons. The lowest BCUT2D eigenvalue weighted by Crippen LogP contribution is -2.39. The van der Waals surface area contributed by atoms with Crippen molar-refractivity contribution in [2.24, 2.45) is 0 Å². The van der Waals surface area contributed by atoms with Crippen LogP contribution in [0.2, 0.25) is 0 Å². The highest BCUT2D eigenvalue weighted by atomic mass is 32.1. The molecule has 0 spiro atoms. The van der Waals surface area contributed by atoms with Gasteiger partial charge in [0, 0.05) is 29.0 Å². The number of aromatic nitrogens is 1. The van der Waals surface area contributed by atoms with Crippen molar-refractivity contribution >= 4 is 38.6 Å². The molecule has 4 aromatic carbocycles. The van der Waals surface area contributed by atoms with E-state index in [0.29, 0.717) is 12.0 Å². The Morgan fingerprint density at radius 1 is 0.618 bits per heavy atom. The fourth-order valence-electron chi connectivity index (χ4n) is 4.59. The Bertz CT molecular complexity index is 1350. The van der Waals surface area contributed by atoms with Crippen LogP contribution in [0.15, 0.2) is 103 Å². The van der Waals surface area contributed by atoms with Crippen LogP contribution in [0.4, 0.5) is 17.1 Å². The second-order valence-electron chi connectivity index (χ2n) is 9.29. The van der Waals surface area contributed by atoms with Crippen molar-refractivity contribution in [1.82, 2.24) is 0 Å². The highest BCUT2D eigenvalue weighted by Crippen LogP contribution is 2.36.